The number of methoxy groups -OCH3 is 1. The zero-order valence-electron chi connectivity index (χ0n) is 14.3. The highest BCUT2D eigenvalue weighted by atomic mass is 35.5. The molecule has 0 bridgehead atoms. The van der Waals surface area contributed by atoms with Crippen molar-refractivity contribution < 1.29 is 27.5 Å². The minimum Gasteiger partial charge on any atom is -0.496 e. The number of hydrogen-bond acceptors (Lipinski definition) is 6. The van der Waals surface area contributed by atoms with Crippen molar-refractivity contribution >= 4 is 39.2 Å². The first-order chi connectivity index (χ1) is 12.7. The van der Waals surface area contributed by atoms with Crippen molar-refractivity contribution in [3.63, 3.8) is 0 Å². The van der Waals surface area contributed by atoms with Gasteiger partial charge in [0, 0.05) is 16.3 Å². The van der Waals surface area contributed by atoms with Crippen LogP contribution in [0.5, 0.6) is 5.75 Å². The first-order valence-electron chi connectivity index (χ1n) is 7.60. The Morgan fingerprint density at radius 3 is 2.59 bits per heavy atom. The molecule has 0 heterocycles. The molecule has 1 amide bonds. The Bertz CT molecular complexity index is 962. The maximum atomic E-state index is 11.9. The Kier molecular flexibility index (Phi) is 6.78. The molecule has 2 aromatic rings. The molecule has 0 fully saturated rings. The van der Waals surface area contributed by atoms with E-state index < -0.39 is 28.5 Å². The lowest BCUT2D eigenvalue weighted by molar-refractivity contribution is -0.146. The second-order valence-corrected chi connectivity index (χ2v) is 7.41. The number of anilines is 1. The molecule has 0 saturated carbocycles. The first-order valence-corrected chi connectivity index (χ1v) is 9.52. The number of sulfonamides is 1. The number of rotatable bonds is 7. The third-order valence-electron chi connectivity index (χ3n) is 3.39. The summed E-state index contributed by atoms with van der Waals surface area (Å²) in [6.07, 6.45) is -0.127. The lowest BCUT2D eigenvalue weighted by Gasteiger charge is -2.10. The van der Waals surface area contributed by atoms with Gasteiger partial charge in [-0.3, -0.25) is 9.59 Å². The van der Waals surface area contributed by atoms with E-state index in [1.54, 1.807) is 18.2 Å². The van der Waals surface area contributed by atoms with E-state index >= 15 is 0 Å². The number of amides is 1. The van der Waals surface area contributed by atoms with Gasteiger partial charge in [0.1, 0.15) is 5.75 Å². The van der Waals surface area contributed by atoms with Gasteiger partial charge in [0.15, 0.2) is 6.61 Å². The quantitative estimate of drug-likeness (QED) is 0.667. The Morgan fingerprint density at radius 1 is 1.19 bits per heavy atom. The van der Waals surface area contributed by atoms with Crippen LogP contribution in [0.15, 0.2) is 47.4 Å². The van der Waals surface area contributed by atoms with Crippen LogP contribution in [0, 0.1) is 0 Å². The highest BCUT2D eigenvalue weighted by molar-refractivity contribution is 7.89. The molecule has 0 aromatic heterocycles. The van der Waals surface area contributed by atoms with Gasteiger partial charge in [-0.1, -0.05) is 17.7 Å². The second-order valence-electron chi connectivity index (χ2n) is 5.41. The van der Waals surface area contributed by atoms with Crippen molar-refractivity contribution in [3.8, 4) is 5.75 Å². The van der Waals surface area contributed by atoms with Gasteiger partial charge in [-0.25, -0.2) is 13.6 Å². The van der Waals surface area contributed by atoms with E-state index in [0.29, 0.717) is 16.3 Å². The highest BCUT2D eigenvalue weighted by Crippen LogP contribution is 2.23. The van der Waals surface area contributed by atoms with Crippen LogP contribution in [0.4, 0.5) is 5.69 Å². The fourth-order valence-corrected chi connectivity index (χ4v) is 2.94. The number of carbonyl (C=O) groups excluding carboxylic acids is 2. The predicted molar refractivity (Wildman–Crippen MR) is 99.1 cm³/mol. The van der Waals surface area contributed by atoms with Crippen LogP contribution in [-0.4, -0.2) is 34.0 Å². The minimum absolute atomic E-state index is 0.127. The fraction of sp³-hybridized carbons (Fsp3) is 0.176. The smallest absolute Gasteiger partial charge is 0.310 e. The molecule has 10 heteroatoms. The van der Waals surface area contributed by atoms with Gasteiger partial charge in [-0.05, 0) is 36.4 Å². The van der Waals surface area contributed by atoms with Crippen molar-refractivity contribution in [2.45, 2.75) is 11.3 Å². The molecule has 8 nitrogen and oxygen atoms in total. The summed E-state index contributed by atoms with van der Waals surface area (Å²) >= 11 is 5.90. The molecule has 0 unspecified atom stereocenters. The number of ether oxygens (including phenoxy) is 2. The SMILES string of the molecule is COc1ccc(Cl)cc1CC(=O)OCC(=O)Nc1cccc(S(N)(=O)=O)c1. The van der Waals surface area contributed by atoms with E-state index in [-0.39, 0.29) is 17.0 Å². The molecular weight excluding hydrogens is 396 g/mol. The molecule has 0 saturated heterocycles. The highest BCUT2D eigenvalue weighted by Gasteiger charge is 2.14. The number of esters is 1. The molecule has 2 rings (SSSR count). The summed E-state index contributed by atoms with van der Waals surface area (Å²) in [5.74, 6) is -0.808. The van der Waals surface area contributed by atoms with Crippen LogP contribution in [0.25, 0.3) is 0 Å². The van der Waals surface area contributed by atoms with E-state index in [4.69, 9.17) is 26.2 Å². The molecule has 0 aliphatic carbocycles. The molecular formula is C17H17ClN2O6S. The maximum Gasteiger partial charge on any atom is 0.310 e. The maximum absolute atomic E-state index is 11.9. The predicted octanol–water partition coefficient (Wildman–Crippen LogP) is 1.72. The largest absolute Gasteiger partial charge is 0.496 e. The monoisotopic (exact) mass is 412 g/mol. The van der Waals surface area contributed by atoms with Crippen molar-refractivity contribution in [2.75, 3.05) is 19.0 Å². The topological polar surface area (TPSA) is 125 Å². The molecule has 0 atom stereocenters. The average Bonchev–Trinajstić information content (AvgIpc) is 2.60. The van der Waals surface area contributed by atoms with Gasteiger partial charge in [0.05, 0.1) is 18.4 Å². The summed E-state index contributed by atoms with van der Waals surface area (Å²) in [5.41, 5.74) is 0.732. The molecule has 0 aliphatic heterocycles. The standard InChI is InChI=1S/C17H17ClN2O6S/c1-25-15-6-5-12(18)7-11(15)8-17(22)26-10-16(21)20-13-3-2-4-14(9-13)27(19,23)24/h2-7,9H,8,10H2,1H3,(H,20,21)(H2,19,23,24). The van der Waals surface area contributed by atoms with Crippen LogP contribution in [0.3, 0.4) is 0 Å². The summed E-state index contributed by atoms with van der Waals surface area (Å²) in [7, 11) is -2.43. The van der Waals surface area contributed by atoms with Crippen molar-refractivity contribution in [2.24, 2.45) is 5.14 Å². The van der Waals surface area contributed by atoms with Gasteiger partial charge >= 0.3 is 5.97 Å². The zero-order valence-corrected chi connectivity index (χ0v) is 15.8. The molecule has 144 valence electrons. The van der Waals surface area contributed by atoms with Crippen molar-refractivity contribution in [1.29, 1.82) is 0 Å². The number of nitrogens with one attached hydrogen (secondary N) is 1. The van der Waals surface area contributed by atoms with Gasteiger partial charge in [-0.2, -0.15) is 0 Å². The summed E-state index contributed by atoms with van der Waals surface area (Å²) < 4.78 is 32.7. The van der Waals surface area contributed by atoms with E-state index in [0.717, 1.165) is 0 Å². The Balaban J connectivity index is 1.92. The molecule has 3 N–H and O–H groups in total. The van der Waals surface area contributed by atoms with Gasteiger partial charge < -0.3 is 14.8 Å². The van der Waals surface area contributed by atoms with E-state index in [1.807, 2.05) is 0 Å². The van der Waals surface area contributed by atoms with Crippen molar-refractivity contribution in [1.82, 2.24) is 0 Å². The lowest BCUT2D eigenvalue weighted by atomic mass is 10.1. The summed E-state index contributed by atoms with van der Waals surface area (Å²) in [4.78, 5) is 23.7. The number of hydrogen-bond donors (Lipinski definition) is 2. The third kappa shape index (κ3) is 6.24. The van der Waals surface area contributed by atoms with Crippen LogP contribution in [0.1, 0.15) is 5.56 Å². The summed E-state index contributed by atoms with van der Waals surface area (Å²) in [6, 6.07) is 10.2. The lowest BCUT2D eigenvalue weighted by Crippen LogP contribution is -2.22. The minimum atomic E-state index is -3.89. The van der Waals surface area contributed by atoms with Crippen molar-refractivity contribution in [3.05, 3.63) is 53.1 Å². The first kappa shape index (κ1) is 20.7. The number of halogens is 1. The van der Waals surface area contributed by atoms with Crippen LogP contribution in [0.2, 0.25) is 5.02 Å². The number of carbonyl (C=O) groups is 2. The van der Waals surface area contributed by atoms with E-state index in [2.05, 4.69) is 5.32 Å². The van der Waals surface area contributed by atoms with Gasteiger partial charge in [0.25, 0.3) is 5.91 Å². The Labute approximate surface area is 161 Å². The second kappa shape index (κ2) is 8.85. The Morgan fingerprint density at radius 2 is 1.93 bits per heavy atom. The number of primary sulfonamides is 1. The Hall–Kier alpha value is -2.62. The van der Waals surface area contributed by atoms with Gasteiger partial charge in [-0.15, -0.1) is 0 Å². The molecule has 2 aromatic carbocycles. The van der Waals surface area contributed by atoms with E-state index in [9.17, 15) is 18.0 Å². The van der Waals surface area contributed by atoms with E-state index in [1.165, 1.54) is 31.4 Å². The fourth-order valence-electron chi connectivity index (χ4n) is 2.19. The number of nitrogens with two attached hydrogens (primary N) is 1. The van der Waals surface area contributed by atoms with Gasteiger partial charge in [0.2, 0.25) is 10.0 Å². The van der Waals surface area contributed by atoms with Crippen LogP contribution in [-0.2, 0) is 30.8 Å². The molecule has 27 heavy (non-hydrogen) atoms. The molecule has 0 aliphatic rings. The third-order valence-corrected chi connectivity index (χ3v) is 4.53. The zero-order chi connectivity index (χ0) is 20.0. The summed E-state index contributed by atoms with van der Waals surface area (Å²) in [5, 5.41) is 7.89. The average molecular weight is 413 g/mol. The van der Waals surface area contributed by atoms with Crippen LogP contribution >= 0.6 is 11.6 Å². The summed E-state index contributed by atoms with van der Waals surface area (Å²) in [6.45, 7) is -0.540. The normalized spacial score (nSPS) is 10.9. The number of benzene rings is 2. The molecule has 0 radical (unpaired) electrons. The molecule has 0 spiro atoms. The van der Waals surface area contributed by atoms with Crippen LogP contribution < -0.4 is 15.2 Å².